The summed E-state index contributed by atoms with van der Waals surface area (Å²) in [6, 6.07) is 10.2. The van der Waals surface area contributed by atoms with Crippen molar-refractivity contribution in [1.29, 1.82) is 0 Å². The molecule has 2 amide bonds. The maximum absolute atomic E-state index is 12.5. The van der Waals surface area contributed by atoms with Gasteiger partial charge in [-0.15, -0.1) is 13.2 Å². The second-order valence-corrected chi connectivity index (χ2v) is 8.65. The molecule has 1 aromatic heterocycles. The highest BCUT2D eigenvalue weighted by atomic mass is 35.5. The molecule has 0 atom stereocenters. The van der Waals surface area contributed by atoms with Gasteiger partial charge in [0.25, 0.3) is 11.8 Å². The van der Waals surface area contributed by atoms with Crippen molar-refractivity contribution in [2.45, 2.75) is 19.8 Å². The molecule has 2 aromatic carbocycles. The monoisotopic (exact) mass is 494 g/mol. The largest absolute Gasteiger partial charge is 0.522 e. The quantitative estimate of drug-likeness (QED) is 0.503. The summed E-state index contributed by atoms with van der Waals surface area (Å²) in [4.78, 5) is 26.7. The first-order valence-electron chi connectivity index (χ1n) is 10.6. The van der Waals surface area contributed by atoms with E-state index >= 15 is 0 Å². The number of hydrogen-bond acceptors (Lipinski definition) is 4. The Balaban J connectivity index is 1.34. The molecule has 180 valence electrons. The molecule has 1 N–H and O–H groups in total. The van der Waals surface area contributed by atoms with E-state index in [0.29, 0.717) is 46.9 Å². The van der Waals surface area contributed by atoms with Gasteiger partial charge in [-0.1, -0.05) is 11.6 Å². The van der Waals surface area contributed by atoms with E-state index in [2.05, 4.69) is 15.2 Å². The van der Waals surface area contributed by atoms with Gasteiger partial charge in [0, 0.05) is 59.8 Å². The standard InChI is InChI=1S/C23H22ClF3N4O3/c1-14-8-20-17(9-19(14)21(32)28-6-7-34-23(25,26)27)13-31(29-20)12-15-10-30(11-15)22(33)16-2-4-18(24)5-3-16/h2-5,8-9,13,15H,6-7,10-12H2,1H3,(H,28,32). The van der Waals surface area contributed by atoms with Gasteiger partial charge in [0.1, 0.15) is 0 Å². The van der Waals surface area contributed by atoms with Crippen molar-refractivity contribution >= 4 is 34.3 Å². The average molecular weight is 495 g/mol. The summed E-state index contributed by atoms with van der Waals surface area (Å²) in [5.41, 5.74) is 2.33. The predicted octanol–water partition coefficient (Wildman–Crippen LogP) is 4.04. The summed E-state index contributed by atoms with van der Waals surface area (Å²) in [6.07, 6.45) is -2.91. The van der Waals surface area contributed by atoms with Crippen LogP contribution in [0.15, 0.2) is 42.6 Å². The average Bonchev–Trinajstić information content (AvgIpc) is 3.13. The number of aryl methyl sites for hydroxylation is 1. The first kappa shape index (κ1) is 24.0. The topological polar surface area (TPSA) is 76.5 Å². The number of benzene rings is 2. The van der Waals surface area contributed by atoms with Gasteiger partial charge >= 0.3 is 6.36 Å². The highest BCUT2D eigenvalue weighted by molar-refractivity contribution is 6.30. The van der Waals surface area contributed by atoms with Crippen molar-refractivity contribution in [1.82, 2.24) is 20.0 Å². The van der Waals surface area contributed by atoms with Gasteiger partial charge < -0.3 is 10.2 Å². The lowest BCUT2D eigenvalue weighted by atomic mass is 9.99. The van der Waals surface area contributed by atoms with Crippen LogP contribution in [-0.2, 0) is 11.3 Å². The molecular weight excluding hydrogens is 473 g/mol. The van der Waals surface area contributed by atoms with E-state index in [-0.39, 0.29) is 18.4 Å². The number of alkyl halides is 3. The Kier molecular flexibility index (Phi) is 6.81. The van der Waals surface area contributed by atoms with Crippen LogP contribution in [0.1, 0.15) is 26.3 Å². The molecule has 34 heavy (non-hydrogen) atoms. The molecule has 3 aromatic rings. The number of hydrogen-bond donors (Lipinski definition) is 1. The van der Waals surface area contributed by atoms with E-state index in [9.17, 15) is 22.8 Å². The van der Waals surface area contributed by atoms with Crippen LogP contribution in [0, 0.1) is 12.8 Å². The van der Waals surface area contributed by atoms with E-state index in [1.807, 2.05) is 6.20 Å². The highest BCUT2D eigenvalue weighted by Gasteiger charge is 2.32. The van der Waals surface area contributed by atoms with Crippen molar-refractivity contribution < 1.29 is 27.5 Å². The minimum absolute atomic E-state index is 0.0366. The molecule has 1 saturated heterocycles. The van der Waals surface area contributed by atoms with Crippen LogP contribution in [0.5, 0.6) is 0 Å². The van der Waals surface area contributed by atoms with Gasteiger partial charge in [-0.25, -0.2) is 0 Å². The number of carbonyl (C=O) groups is 2. The van der Waals surface area contributed by atoms with E-state index < -0.39 is 18.9 Å². The second-order valence-electron chi connectivity index (χ2n) is 8.21. The zero-order valence-electron chi connectivity index (χ0n) is 18.2. The van der Waals surface area contributed by atoms with Crippen molar-refractivity contribution in [2.75, 3.05) is 26.2 Å². The van der Waals surface area contributed by atoms with E-state index in [4.69, 9.17) is 11.6 Å². The third-order valence-corrected chi connectivity index (χ3v) is 5.83. The number of halogens is 4. The van der Waals surface area contributed by atoms with Crippen LogP contribution in [0.4, 0.5) is 13.2 Å². The SMILES string of the molecule is Cc1cc2nn(CC3CN(C(=O)c4ccc(Cl)cc4)C3)cc2cc1C(=O)NCCOC(F)(F)F. The number of rotatable bonds is 7. The molecule has 0 bridgehead atoms. The van der Waals surface area contributed by atoms with E-state index in [0.717, 1.165) is 5.39 Å². The number of ether oxygens (including phenoxy) is 1. The van der Waals surface area contributed by atoms with Crippen LogP contribution in [0.3, 0.4) is 0 Å². The fourth-order valence-corrected chi connectivity index (χ4v) is 4.01. The maximum Gasteiger partial charge on any atom is 0.522 e. The number of carbonyl (C=O) groups excluding carboxylic acids is 2. The summed E-state index contributed by atoms with van der Waals surface area (Å²) >= 11 is 5.87. The summed E-state index contributed by atoms with van der Waals surface area (Å²) in [7, 11) is 0. The van der Waals surface area contributed by atoms with Gasteiger partial charge in [-0.05, 0) is 48.9 Å². The molecule has 2 heterocycles. The lowest BCUT2D eigenvalue weighted by Crippen LogP contribution is -2.51. The molecule has 0 saturated carbocycles. The fourth-order valence-electron chi connectivity index (χ4n) is 3.88. The lowest BCUT2D eigenvalue weighted by Gasteiger charge is -2.39. The van der Waals surface area contributed by atoms with E-state index in [1.54, 1.807) is 52.9 Å². The highest BCUT2D eigenvalue weighted by Crippen LogP contribution is 2.24. The van der Waals surface area contributed by atoms with Crippen molar-refractivity contribution in [3.8, 4) is 0 Å². The molecular formula is C23H22ClF3N4O3. The number of fused-ring (bicyclic) bond motifs is 1. The molecule has 0 spiro atoms. The zero-order valence-corrected chi connectivity index (χ0v) is 19.0. The van der Waals surface area contributed by atoms with Gasteiger partial charge in [0.15, 0.2) is 0 Å². The van der Waals surface area contributed by atoms with Crippen LogP contribution in [0.2, 0.25) is 5.02 Å². The predicted molar refractivity (Wildman–Crippen MR) is 120 cm³/mol. The van der Waals surface area contributed by atoms with Gasteiger partial charge in [0.05, 0.1) is 12.1 Å². The summed E-state index contributed by atoms with van der Waals surface area (Å²) < 4.78 is 41.6. The molecule has 7 nitrogen and oxygen atoms in total. The van der Waals surface area contributed by atoms with Gasteiger partial charge in [-0.2, -0.15) is 5.10 Å². The molecule has 0 unspecified atom stereocenters. The zero-order chi connectivity index (χ0) is 24.5. The Morgan fingerprint density at radius 2 is 1.91 bits per heavy atom. The number of likely N-dealkylation sites (tertiary alicyclic amines) is 1. The Hall–Kier alpha value is -3.11. The summed E-state index contributed by atoms with van der Waals surface area (Å²) in [5.74, 6) is -0.262. The first-order valence-corrected chi connectivity index (χ1v) is 11.0. The van der Waals surface area contributed by atoms with Crippen LogP contribution in [-0.4, -0.2) is 59.1 Å². The number of nitrogens with one attached hydrogen (secondary N) is 1. The van der Waals surface area contributed by atoms with Crippen molar-refractivity contribution in [3.05, 3.63) is 64.3 Å². The minimum atomic E-state index is -4.73. The van der Waals surface area contributed by atoms with Crippen LogP contribution >= 0.6 is 11.6 Å². The van der Waals surface area contributed by atoms with Gasteiger partial charge in [-0.3, -0.25) is 19.0 Å². The first-order chi connectivity index (χ1) is 16.1. The summed E-state index contributed by atoms with van der Waals surface area (Å²) in [5, 5.41) is 8.31. The number of nitrogens with zero attached hydrogens (tertiary/aromatic N) is 3. The molecule has 1 aliphatic rings. The Morgan fingerprint density at radius 3 is 2.59 bits per heavy atom. The fraction of sp³-hybridized carbons (Fsp3) is 0.348. The molecule has 1 fully saturated rings. The molecule has 4 rings (SSSR count). The van der Waals surface area contributed by atoms with Crippen LogP contribution in [0.25, 0.3) is 10.9 Å². The maximum atomic E-state index is 12.5. The Bertz CT molecular complexity index is 1200. The van der Waals surface area contributed by atoms with Crippen LogP contribution < -0.4 is 5.32 Å². The van der Waals surface area contributed by atoms with E-state index in [1.165, 1.54) is 0 Å². The molecule has 0 radical (unpaired) electrons. The smallest absolute Gasteiger partial charge is 0.350 e. The summed E-state index contributed by atoms with van der Waals surface area (Å²) in [6.45, 7) is 2.67. The van der Waals surface area contributed by atoms with Gasteiger partial charge in [0.2, 0.25) is 0 Å². The normalized spacial score (nSPS) is 14.3. The molecule has 0 aliphatic carbocycles. The number of aromatic nitrogens is 2. The second kappa shape index (κ2) is 9.63. The number of amides is 2. The Morgan fingerprint density at radius 1 is 1.21 bits per heavy atom. The van der Waals surface area contributed by atoms with Crippen molar-refractivity contribution in [3.63, 3.8) is 0 Å². The Labute approximate surface area is 198 Å². The third-order valence-electron chi connectivity index (χ3n) is 5.58. The molecule has 1 aliphatic heterocycles. The minimum Gasteiger partial charge on any atom is -0.350 e. The molecule has 11 heteroatoms. The van der Waals surface area contributed by atoms with Crippen molar-refractivity contribution in [2.24, 2.45) is 5.92 Å². The lowest BCUT2D eigenvalue weighted by molar-refractivity contribution is -0.323. The third kappa shape index (κ3) is 5.68.